The Morgan fingerprint density at radius 1 is 1.27 bits per heavy atom. The van der Waals surface area contributed by atoms with Crippen LogP contribution in [-0.4, -0.2) is 7.11 Å². The minimum absolute atomic E-state index is 1.00. The Morgan fingerprint density at radius 3 is 2.91 bits per heavy atom. The summed E-state index contributed by atoms with van der Waals surface area (Å²) in [4.78, 5) is 0. The molecule has 0 saturated heterocycles. The molecule has 56 valence electrons. The molecule has 0 bridgehead atoms. The summed E-state index contributed by atoms with van der Waals surface area (Å²) in [6.45, 7) is 0. The Balaban J connectivity index is 2.76. The van der Waals surface area contributed by atoms with Crippen LogP contribution in [0.1, 0.15) is 0 Å². The van der Waals surface area contributed by atoms with Crippen LogP contribution in [0.5, 0.6) is 5.06 Å². The number of hydrogen-bond acceptors (Lipinski definition) is 2. The van der Waals surface area contributed by atoms with Crippen LogP contribution in [0.3, 0.4) is 0 Å². The van der Waals surface area contributed by atoms with Crippen molar-refractivity contribution in [2.75, 3.05) is 7.11 Å². The lowest BCUT2D eigenvalue weighted by Gasteiger charge is -1.93. The molecule has 0 aliphatic heterocycles. The van der Waals surface area contributed by atoms with E-state index in [0.717, 1.165) is 5.06 Å². The molecule has 0 aliphatic carbocycles. The van der Waals surface area contributed by atoms with Crippen molar-refractivity contribution in [3.63, 3.8) is 0 Å². The van der Waals surface area contributed by atoms with Crippen LogP contribution in [0.4, 0.5) is 0 Å². The Morgan fingerprint density at radius 2 is 2.09 bits per heavy atom. The average Bonchev–Trinajstić information content (AvgIpc) is 2.47. The van der Waals surface area contributed by atoms with Gasteiger partial charge < -0.3 is 4.74 Å². The first-order valence-electron chi connectivity index (χ1n) is 3.42. The molecule has 0 radical (unpaired) electrons. The van der Waals surface area contributed by atoms with E-state index < -0.39 is 0 Å². The number of rotatable bonds is 1. The lowest BCUT2D eigenvalue weighted by Crippen LogP contribution is -1.76. The molecular formula is C9H8OS. The first-order chi connectivity index (χ1) is 5.42. The zero-order valence-electron chi connectivity index (χ0n) is 6.20. The van der Waals surface area contributed by atoms with Gasteiger partial charge in [-0.05, 0) is 11.5 Å². The highest BCUT2D eigenvalue weighted by Gasteiger charge is 2.00. The summed E-state index contributed by atoms with van der Waals surface area (Å²) in [6.07, 6.45) is 0. The SMILES string of the molecule is COc1scc2ccccc12. The zero-order valence-corrected chi connectivity index (χ0v) is 7.02. The zero-order chi connectivity index (χ0) is 7.68. The monoisotopic (exact) mass is 164 g/mol. The Labute approximate surface area is 69.2 Å². The quantitative estimate of drug-likeness (QED) is 0.629. The van der Waals surface area contributed by atoms with Gasteiger partial charge in [-0.3, -0.25) is 0 Å². The largest absolute Gasteiger partial charge is 0.487 e. The van der Waals surface area contributed by atoms with Crippen LogP contribution >= 0.6 is 11.3 Å². The third-order valence-electron chi connectivity index (χ3n) is 1.66. The molecule has 0 aliphatic rings. The van der Waals surface area contributed by atoms with Crippen molar-refractivity contribution in [2.24, 2.45) is 0 Å². The van der Waals surface area contributed by atoms with Gasteiger partial charge in [-0.2, -0.15) is 0 Å². The Hall–Kier alpha value is -1.02. The molecule has 1 heterocycles. The summed E-state index contributed by atoms with van der Waals surface area (Å²) in [5.74, 6) is 0. The number of hydrogen-bond donors (Lipinski definition) is 0. The number of benzene rings is 1. The molecular weight excluding hydrogens is 156 g/mol. The molecule has 11 heavy (non-hydrogen) atoms. The van der Waals surface area contributed by atoms with Crippen molar-refractivity contribution in [2.45, 2.75) is 0 Å². The van der Waals surface area contributed by atoms with Gasteiger partial charge in [0.1, 0.15) is 0 Å². The number of fused-ring (bicyclic) bond motifs is 1. The van der Waals surface area contributed by atoms with Gasteiger partial charge in [0, 0.05) is 10.8 Å². The minimum atomic E-state index is 1.00. The van der Waals surface area contributed by atoms with E-state index in [1.54, 1.807) is 18.4 Å². The molecule has 2 aromatic rings. The van der Waals surface area contributed by atoms with Gasteiger partial charge in [-0.15, -0.1) is 11.3 Å². The van der Waals surface area contributed by atoms with Gasteiger partial charge in [-0.1, -0.05) is 18.2 Å². The maximum absolute atomic E-state index is 5.19. The molecule has 0 amide bonds. The summed E-state index contributed by atoms with van der Waals surface area (Å²) in [6, 6.07) is 8.23. The number of ether oxygens (including phenoxy) is 1. The fourth-order valence-electron chi connectivity index (χ4n) is 1.12. The minimum Gasteiger partial charge on any atom is -0.487 e. The van der Waals surface area contributed by atoms with E-state index in [-0.39, 0.29) is 0 Å². The molecule has 2 heteroatoms. The molecule has 0 atom stereocenters. The van der Waals surface area contributed by atoms with Gasteiger partial charge in [0.2, 0.25) is 0 Å². The lowest BCUT2D eigenvalue weighted by atomic mass is 10.2. The Kier molecular flexibility index (Phi) is 1.55. The molecule has 0 spiro atoms. The van der Waals surface area contributed by atoms with Crippen molar-refractivity contribution >= 4 is 22.1 Å². The van der Waals surface area contributed by atoms with Gasteiger partial charge in [-0.25, -0.2) is 0 Å². The lowest BCUT2D eigenvalue weighted by molar-refractivity contribution is 0.431. The molecule has 0 unspecified atom stereocenters. The molecule has 0 fully saturated rings. The Bertz CT molecular complexity index is 364. The van der Waals surface area contributed by atoms with Crippen LogP contribution < -0.4 is 4.74 Å². The van der Waals surface area contributed by atoms with E-state index in [4.69, 9.17) is 4.74 Å². The highest BCUT2D eigenvalue weighted by Crippen LogP contribution is 2.31. The molecule has 0 N–H and O–H groups in total. The number of thiophene rings is 1. The van der Waals surface area contributed by atoms with E-state index in [9.17, 15) is 0 Å². The highest BCUT2D eigenvalue weighted by molar-refractivity contribution is 7.13. The fourth-order valence-corrected chi connectivity index (χ4v) is 1.97. The van der Waals surface area contributed by atoms with Crippen LogP contribution in [0.15, 0.2) is 29.6 Å². The molecule has 1 nitrogen and oxygen atoms in total. The third-order valence-corrected chi connectivity index (χ3v) is 2.63. The van der Waals surface area contributed by atoms with Gasteiger partial charge in [0.15, 0.2) is 5.06 Å². The van der Waals surface area contributed by atoms with Crippen molar-refractivity contribution < 1.29 is 4.74 Å². The van der Waals surface area contributed by atoms with E-state index in [2.05, 4.69) is 17.5 Å². The van der Waals surface area contributed by atoms with Crippen molar-refractivity contribution in [3.8, 4) is 5.06 Å². The van der Waals surface area contributed by atoms with E-state index in [1.807, 2.05) is 12.1 Å². The average molecular weight is 164 g/mol. The standard InChI is InChI=1S/C9H8OS/c1-10-9-8-5-3-2-4-7(8)6-11-9/h2-6H,1H3. The third kappa shape index (κ3) is 0.994. The van der Waals surface area contributed by atoms with Crippen LogP contribution in [0.2, 0.25) is 0 Å². The summed E-state index contributed by atoms with van der Waals surface area (Å²) in [7, 11) is 1.71. The molecule has 2 rings (SSSR count). The van der Waals surface area contributed by atoms with Gasteiger partial charge >= 0.3 is 0 Å². The summed E-state index contributed by atoms with van der Waals surface area (Å²) in [5, 5.41) is 5.57. The van der Waals surface area contributed by atoms with Gasteiger partial charge in [0.05, 0.1) is 7.11 Å². The van der Waals surface area contributed by atoms with Crippen molar-refractivity contribution in [3.05, 3.63) is 29.6 Å². The smallest absolute Gasteiger partial charge is 0.181 e. The van der Waals surface area contributed by atoms with Crippen LogP contribution in [0, 0.1) is 0 Å². The molecule has 1 aromatic carbocycles. The van der Waals surface area contributed by atoms with Crippen LogP contribution in [0.25, 0.3) is 10.8 Å². The first kappa shape index (κ1) is 6.68. The predicted octanol–water partition coefficient (Wildman–Crippen LogP) is 2.91. The molecule has 1 aromatic heterocycles. The first-order valence-corrected chi connectivity index (χ1v) is 4.30. The summed E-state index contributed by atoms with van der Waals surface area (Å²) >= 11 is 1.64. The number of methoxy groups -OCH3 is 1. The normalized spacial score (nSPS) is 10.3. The van der Waals surface area contributed by atoms with Crippen LogP contribution in [-0.2, 0) is 0 Å². The fraction of sp³-hybridized carbons (Fsp3) is 0.111. The maximum atomic E-state index is 5.19. The second-order valence-corrected chi connectivity index (χ2v) is 3.16. The maximum Gasteiger partial charge on any atom is 0.181 e. The van der Waals surface area contributed by atoms with E-state index in [1.165, 1.54) is 10.8 Å². The van der Waals surface area contributed by atoms with Crippen molar-refractivity contribution in [1.29, 1.82) is 0 Å². The second-order valence-electron chi connectivity index (χ2n) is 2.31. The van der Waals surface area contributed by atoms with E-state index in [0.29, 0.717) is 0 Å². The second kappa shape index (κ2) is 2.55. The molecule has 0 saturated carbocycles. The predicted molar refractivity (Wildman–Crippen MR) is 48.4 cm³/mol. The summed E-state index contributed by atoms with van der Waals surface area (Å²) < 4.78 is 5.19. The summed E-state index contributed by atoms with van der Waals surface area (Å²) in [5.41, 5.74) is 0. The van der Waals surface area contributed by atoms with Gasteiger partial charge in [0.25, 0.3) is 0 Å². The highest BCUT2D eigenvalue weighted by atomic mass is 32.1. The van der Waals surface area contributed by atoms with Crippen molar-refractivity contribution in [1.82, 2.24) is 0 Å². The topological polar surface area (TPSA) is 9.23 Å². The van der Waals surface area contributed by atoms with E-state index >= 15 is 0 Å².